The number of alkyl halides is 2. The molecule has 0 amide bonds. The molecule has 0 aliphatic carbocycles. The van der Waals surface area contributed by atoms with Crippen molar-refractivity contribution in [1.82, 2.24) is 3.97 Å². The van der Waals surface area contributed by atoms with E-state index in [0.717, 1.165) is 32.1 Å². The van der Waals surface area contributed by atoms with Crippen LogP contribution in [0.4, 0.5) is 8.78 Å². The topological polar surface area (TPSA) is 48.3 Å². The first-order valence-electron chi connectivity index (χ1n) is 9.39. The minimum Gasteiger partial charge on any atom is -0.435 e. The average molecular weight is 462 g/mol. The number of ether oxygens (including phenoxy) is 1. The first-order chi connectivity index (χ1) is 14.7. The molecule has 4 nitrogen and oxygen atoms in total. The number of hydrogen-bond acceptors (Lipinski definition) is 3. The van der Waals surface area contributed by atoms with Gasteiger partial charge in [-0.15, -0.1) is 0 Å². The first-order valence-corrected chi connectivity index (χ1v) is 11.2. The molecule has 4 rings (SSSR count). The van der Waals surface area contributed by atoms with Crippen LogP contribution in [-0.4, -0.2) is 19.0 Å². The van der Waals surface area contributed by atoms with Gasteiger partial charge in [0.25, 0.3) is 10.0 Å². The third kappa shape index (κ3) is 4.43. The number of rotatable bonds is 6. The van der Waals surface area contributed by atoms with E-state index in [9.17, 15) is 17.2 Å². The number of halogens is 3. The Morgan fingerprint density at radius 1 is 1.03 bits per heavy atom. The number of aromatic nitrogens is 1. The van der Waals surface area contributed by atoms with Crippen LogP contribution in [0.1, 0.15) is 16.7 Å². The summed E-state index contributed by atoms with van der Waals surface area (Å²) in [4.78, 5) is -0.143. The highest BCUT2D eigenvalue weighted by Gasteiger charge is 2.20. The summed E-state index contributed by atoms with van der Waals surface area (Å²) >= 11 is 6.34. The molecule has 31 heavy (non-hydrogen) atoms. The van der Waals surface area contributed by atoms with Gasteiger partial charge in [0.2, 0.25) is 0 Å². The molecule has 0 N–H and O–H groups in total. The quantitative estimate of drug-likeness (QED) is 0.352. The van der Waals surface area contributed by atoms with Gasteiger partial charge >= 0.3 is 6.61 Å². The summed E-state index contributed by atoms with van der Waals surface area (Å²) in [6, 6.07) is 18.1. The zero-order valence-electron chi connectivity index (χ0n) is 16.4. The van der Waals surface area contributed by atoms with E-state index in [1.807, 2.05) is 37.3 Å². The number of hydrogen-bond donors (Lipinski definition) is 0. The predicted octanol–water partition coefficient (Wildman–Crippen LogP) is 6.03. The van der Waals surface area contributed by atoms with E-state index >= 15 is 0 Å². The van der Waals surface area contributed by atoms with E-state index in [4.69, 9.17) is 11.6 Å². The molecule has 0 fully saturated rings. The fourth-order valence-corrected chi connectivity index (χ4v) is 5.09. The molecule has 4 aromatic rings. The molecule has 0 aliphatic heterocycles. The summed E-state index contributed by atoms with van der Waals surface area (Å²) in [7, 11) is -4.02. The van der Waals surface area contributed by atoms with E-state index in [0.29, 0.717) is 17.0 Å². The van der Waals surface area contributed by atoms with Crippen molar-refractivity contribution in [2.24, 2.45) is 0 Å². The fourth-order valence-electron chi connectivity index (χ4n) is 3.41. The monoisotopic (exact) mass is 461 g/mol. The van der Waals surface area contributed by atoms with Crippen molar-refractivity contribution in [2.75, 3.05) is 0 Å². The van der Waals surface area contributed by atoms with Crippen molar-refractivity contribution < 1.29 is 21.9 Å². The van der Waals surface area contributed by atoms with E-state index in [-0.39, 0.29) is 10.6 Å². The van der Waals surface area contributed by atoms with Crippen molar-refractivity contribution in [3.05, 3.63) is 94.6 Å². The maximum Gasteiger partial charge on any atom is 0.387 e. The lowest BCUT2D eigenvalue weighted by molar-refractivity contribution is -0.0499. The number of benzene rings is 3. The van der Waals surface area contributed by atoms with Crippen LogP contribution in [-0.2, 0) is 16.4 Å². The Morgan fingerprint density at radius 3 is 2.58 bits per heavy atom. The summed E-state index contributed by atoms with van der Waals surface area (Å²) < 4.78 is 56.9. The van der Waals surface area contributed by atoms with Gasteiger partial charge in [-0.3, -0.25) is 0 Å². The highest BCUT2D eigenvalue weighted by molar-refractivity contribution is 7.90. The Bertz CT molecular complexity index is 1370. The summed E-state index contributed by atoms with van der Waals surface area (Å²) in [6.07, 6.45) is 1.99. The normalized spacial score (nSPS) is 11.9. The molecule has 0 aliphatic rings. The third-order valence-electron chi connectivity index (χ3n) is 4.91. The number of nitrogens with zero attached hydrogens (tertiary/aromatic N) is 1. The van der Waals surface area contributed by atoms with Crippen LogP contribution in [0.3, 0.4) is 0 Å². The lowest BCUT2D eigenvalue weighted by atomic mass is 10.0. The second kappa shape index (κ2) is 8.32. The summed E-state index contributed by atoms with van der Waals surface area (Å²) in [6.45, 7) is -1.08. The average Bonchev–Trinajstić information content (AvgIpc) is 3.14. The van der Waals surface area contributed by atoms with E-state index in [1.54, 1.807) is 12.1 Å². The fraction of sp³-hybridized carbons (Fsp3) is 0.130. The Labute approximate surface area is 183 Å². The van der Waals surface area contributed by atoms with Crippen LogP contribution in [0, 0.1) is 6.92 Å². The van der Waals surface area contributed by atoms with Crippen molar-refractivity contribution in [1.29, 1.82) is 0 Å². The first kappa shape index (κ1) is 21.3. The van der Waals surface area contributed by atoms with Gasteiger partial charge in [0.1, 0.15) is 5.75 Å². The lowest BCUT2D eigenvalue weighted by Gasteiger charge is -2.11. The SMILES string of the molecule is Cc1ccc(Cc2ccc3ccn(S(=O)(=O)c4cccc(OC(F)F)c4)c3c2)c(Cl)c1. The predicted molar refractivity (Wildman–Crippen MR) is 117 cm³/mol. The van der Waals surface area contributed by atoms with Crippen LogP contribution in [0.15, 0.2) is 77.8 Å². The molecule has 0 saturated carbocycles. The Kier molecular flexibility index (Phi) is 5.73. The lowest BCUT2D eigenvalue weighted by Crippen LogP contribution is -2.12. The zero-order valence-corrected chi connectivity index (χ0v) is 18.0. The van der Waals surface area contributed by atoms with E-state index < -0.39 is 16.6 Å². The van der Waals surface area contributed by atoms with E-state index in [2.05, 4.69) is 4.74 Å². The maximum absolute atomic E-state index is 13.2. The molecule has 1 heterocycles. The molecule has 160 valence electrons. The number of fused-ring (bicyclic) bond motifs is 1. The highest BCUT2D eigenvalue weighted by Crippen LogP contribution is 2.27. The standard InChI is InChI=1S/C23H18ClF2NO3S/c1-15-5-7-18(21(24)11-15)12-16-6-8-17-9-10-27(22(17)13-16)31(28,29)20-4-2-3-19(14-20)30-23(25)26/h2-11,13-14,23H,12H2,1H3. The van der Waals surface area contributed by atoms with Gasteiger partial charge in [-0.1, -0.05) is 41.9 Å². The molecule has 0 bridgehead atoms. The summed E-state index contributed by atoms with van der Waals surface area (Å²) in [5.41, 5.74) is 3.37. The highest BCUT2D eigenvalue weighted by atomic mass is 35.5. The Hall–Kier alpha value is -2.90. The van der Waals surface area contributed by atoms with Crippen LogP contribution in [0.25, 0.3) is 10.9 Å². The largest absolute Gasteiger partial charge is 0.435 e. The smallest absolute Gasteiger partial charge is 0.387 e. The summed E-state index contributed by atoms with van der Waals surface area (Å²) in [5.74, 6) is -0.220. The van der Waals surface area contributed by atoms with Crippen molar-refractivity contribution in [3.8, 4) is 5.75 Å². The molecule has 0 spiro atoms. The van der Waals surface area contributed by atoms with Crippen LogP contribution in [0.5, 0.6) is 5.75 Å². The minimum atomic E-state index is -4.02. The molecule has 0 atom stereocenters. The van der Waals surface area contributed by atoms with Gasteiger partial charge in [0.15, 0.2) is 0 Å². The minimum absolute atomic E-state index is 0.143. The van der Waals surface area contributed by atoms with Crippen LogP contribution < -0.4 is 4.74 Å². The third-order valence-corrected chi connectivity index (χ3v) is 6.95. The second-order valence-corrected chi connectivity index (χ2v) is 9.36. The van der Waals surface area contributed by atoms with Crippen LogP contribution in [0.2, 0.25) is 5.02 Å². The van der Waals surface area contributed by atoms with Crippen molar-refractivity contribution in [2.45, 2.75) is 24.9 Å². The molecule has 0 unspecified atom stereocenters. The van der Waals surface area contributed by atoms with Gasteiger partial charge in [-0.25, -0.2) is 12.4 Å². The van der Waals surface area contributed by atoms with Gasteiger partial charge in [0, 0.05) is 22.7 Å². The van der Waals surface area contributed by atoms with Gasteiger partial charge in [-0.05, 0) is 60.4 Å². The van der Waals surface area contributed by atoms with Crippen LogP contribution >= 0.6 is 11.6 Å². The van der Waals surface area contributed by atoms with Gasteiger partial charge in [-0.2, -0.15) is 8.78 Å². The van der Waals surface area contributed by atoms with Gasteiger partial charge in [0.05, 0.1) is 10.4 Å². The molecule has 0 saturated heterocycles. The maximum atomic E-state index is 13.2. The molecule has 0 radical (unpaired) electrons. The van der Waals surface area contributed by atoms with E-state index in [1.165, 1.54) is 24.4 Å². The zero-order chi connectivity index (χ0) is 22.2. The van der Waals surface area contributed by atoms with Crippen molar-refractivity contribution >= 4 is 32.5 Å². The molecule has 1 aromatic heterocycles. The van der Waals surface area contributed by atoms with Crippen molar-refractivity contribution in [3.63, 3.8) is 0 Å². The molecular weight excluding hydrogens is 444 g/mol. The molecular formula is C23H18ClF2NO3S. The summed E-state index contributed by atoms with van der Waals surface area (Å²) in [5, 5.41) is 1.39. The Morgan fingerprint density at radius 2 is 1.84 bits per heavy atom. The second-order valence-electron chi connectivity index (χ2n) is 7.13. The Balaban J connectivity index is 1.73. The van der Waals surface area contributed by atoms with Gasteiger partial charge < -0.3 is 4.74 Å². The molecule has 3 aromatic carbocycles. The number of aryl methyl sites for hydroxylation is 1. The molecule has 8 heteroatoms.